The minimum Gasteiger partial charge on any atom is -0.507 e. The molecule has 0 aromatic heterocycles. The van der Waals surface area contributed by atoms with Crippen LogP contribution in [0.1, 0.15) is 31.8 Å². The van der Waals surface area contributed by atoms with Crippen LogP contribution in [0.2, 0.25) is 0 Å². The Morgan fingerprint density at radius 3 is 1.98 bits per heavy atom. The highest BCUT2D eigenvalue weighted by Crippen LogP contribution is 2.39. The average Bonchev–Trinajstić information content (AvgIpc) is 3.58. The zero-order valence-electron chi connectivity index (χ0n) is 24.2. The number of halogens is 1. The molecular weight excluding hydrogens is 654 g/mol. The zero-order chi connectivity index (χ0) is 32.4. The standard InChI is InChI=1S/C23H16O6.C11H12BrN5/c24-20-16(14-7-3-1-5-12(14)9-18(20)22(26)27)11-17-15-8-4-2-6-13(15)10-19(21(17)25)23(28)29;12-9-7(17-11-15-5-6-16-11)1-2-8-10(9)14-4-3-13-8/h1-10,24-25H,11H2,(H,26,27)(H,28,29);1-4,8,10H,5-6H2,(H2,15,16,17). The molecule has 0 spiro atoms. The summed E-state index contributed by atoms with van der Waals surface area (Å²) in [5.41, 5.74) is 1.11. The Hall–Kier alpha value is -5.49. The lowest BCUT2D eigenvalue weighted by Gasteiger charge is -2.25. The van der Waals surface area contributed by atoms with Crippen molar-refractivity contribution in [1.29, 1.82) is 0 Å². The van der Waals surface area contributed by atoms with Gasteiger partial charge in [0.15, 0.2) is 5.96 Å². The lowest BCUT2D eigenvalue weighted by Crippen LogP contribution is -2.36. The van der Waals surface area contributed by atoms with Crippen LogP contribution < -0.4 is 10.6 Å². The van der Waals surface area contributed by atoms with Gasteiger partial charge in [0, 0.05) is 41.0 Å². The lowest BCUT2D eigenvalue weighted by molar-refractivity contribution is 0.0682. The van der Waals surface area contributed by atoms with E-state index in [1.807, 2.05) is 6.08 Å². The first-order chi connectivity index (χ1) is 22.2. The minimum absolute atomic E-state index is 0.0407. The molecule has 0 saturated carbocycles. The summed E-state index contributed by atoms with van der Waals surface area (Å²) in [7, 11) is 0. The van der Waals surface area contributed by atoms with E-state index in [0.29, 0.717) is 32.7 Å². The van der Waals surface area contributed by atoms with E-state index < -0.39 is 23.4 Å². The first-order valence-electron chi connectivity index (χ1n) is 14.3. The number of hydrogen-bond acceptors (Lipinski definition) is 9. The highest BCUT2D eigenvalue weighted by Gasteiger charge is 2.28. The summed E-state index contributed by atoms with van der Waals surface area (Å²) < 4.78 is 1.02. The molecule has 2 atom stereocenters. The summed E-state index contributed by atoms with van der Waals surface area (Å²) in [5, 5.41) is 49.2. The van der Waals surface area contributed by atoms with Crippen LogP contribution in [0.25, 0.3) is 21.5 Å². The normalized spacial score (nSPS) is 18.1. The number of aromatic hydroxyl groups is 2. The van der Waals surface area contributed by atoms with Crippen LogP contribution in [0, 0.1) is 0 Å². The number of nitrogens with one attached hydrogen (secondary N) is 2. The Bertz CT molecular complexity index is 1950. The van der Waals surface area contributed by atoms with E-state index in [-0.39, 0.29) is 29.6 Å². The molecule has 12 heteroatoms. The summed E-state index contributed by atoms with van der Waals surface area (Å²) in [6, 6.07) is 16.9. The fourth-order valence-electron chi connectivity index (χ4n) is 5.64. The van der Waals surface area contributed by atoms with Gasteiger partial charge in [-0.2, -0.15) is 0 Å². The quantitative estimate of drug-likeness (QED) is 0.171. The third-order valence-electron chi connectivity index (χ3n) is 7.87. The summed E-state index contributed by atoms with van der Waals surface area (Å²) in [6.07, 6.45) is 7.52. The Morgan fingerprint density at radius 2 is 1.43 bits per heavy atom. The number of carboxylic acid groups (broad SMARTS) is 2. The summed E-state index contributed by atoms with van der Waals surface area (Å²) in [6.45, 7) is 1.72. The number of guanidine groups is 1. The number of hydrogen-bond donors (Lipinski definition) is 6. The molecule has 4 aromatic rings. The molecule has 2 unspecified atom stereocenters. The fourth-order valence-corrected chi connectivity index (χ4v) is 6.26. The van der Waals surface area contributed by atoms with Crippen LogP contribution >= 0.6 is 15.9 Å². The van der Waals surface area contributed by atoms with Crippen LogP contribution in [0.4, 0.5) is 0 Å². The van der Waals surface area contributed by atoms with Gasteiger partial charge in [-0.1, -0.05) is 70.5 Å². The van der Waals surface area contributed by atoms with Crippen LogP contribution in [0.5, 0.6) is 11.5 Å². The van der Waals surface area contributed by atoms with Crippen molar-refractivity contribution in [2.45, 2.75) is 18.5 Å². The molecule has 3 aliphatic rings. The molecule has 2 heterocycles. The number of rotatable bonds is 5. The van der Waals surface area contributed by atoms with Gasteiger partial charge in [-0.15, -0.1) is 0 Å². The number of aliphatic imine (C=N–C) groups is 3. The number of benzene rings is 4. The van der Waals surface area contributed by atoms with Gasteiger partial charge in [0.05, 0.1) is 18.3 Å². The second-order valence-electron chi connectivity index (χ2n) is 10.7. The van der Waals surface area contributed by atoms with Gasteiger partial charge in [0.25, 0.3) is 0 Å². The Kier molecular flexibility index (Phi) is 8.53. The minimum atomic E-state index is -1.28. The van der Waals surface area contributed by atoms with Crippen molar-refractivity contribution in [1.82, 2.24) is 10.6 Å². The van der Waals surface area contributed by atoms with Crippen molar-refractivity contribution >= 4 is 67.8 Å². The van der Waals surface area contributed by atoms with Crippen molar-refractivity contribution in [2.24, 2.45) is 15.0 Å². The van der Waals surface area contributed by atoms with Gasteiger partial charge < -0.3 is 31.1 Å². The topological polar surface area (TPSA) is 176 Å². The van der Waals surface area contributed by atoms with Crippen LogP contribution in [-0.4, -0.2) is 75.9 Å². The SMILES string of the molecule is BrC1=C(NC2=NCCN2)C=CC2N=CC=NC12.O=C(O)c1cc2ccccc2c(Cc2c(O)c(C(=O)O)cc3ccccc23)c1O. The molecule has 232 valence electrons. The predicted octanol–water partition coefficient (Wildman–Crippen LogP) is 5.00. The van der Waals surface area contributed by atoms with E-state index >= 15 is 0 Å². The number of carboxylic acids is 2. The van der Waals surface area contributed by atoms with Gasteiger partial charge in [-0.05, 0) is 39.8 Å². The van der Waals surface area contributed by atoms with Crippen molar-refractivity contribution in [2.75, 3.05) is 13.1 Å². The highest BCUT2D eigenvalue weighted by molar-refractivity contribution is 9.11. The molecule has 4 aromatic carbocycles. The molecule has 0 amide bonds. The number of phenols is 2. The van der Waals surface area contributed by atoms with Gasteiger partial charge in [0.1, 0.15) is 28.7 Å². The monoisotopic (exact) mass is 681 g/mol. The van der Waals surface area contributed by atoms with E-state index in [2.05, 4.69) is 47.6 Å². The summed E-state index contributed by atoms with van der Waals surface area (Å²) in [4.78, 5) is 36.3. The van der Waals surface area contributed by atoms with E-state index in [4.69, 9.17) is 0 Å². The molecule has 46 heavy (non-hydrogen) atoms. The average molecular weight is 683 g/mol. The maximum absolute atomic E-state index is 11.6. The number of nitrogens with zero attached hydrogens (tertiary/aromatic N) is 3. The van der Waals surface area contributed by atoms with E-state index in [1.54, 1.807) is 61.0 Å². The zero-order valence-corrected chi connectivity index (χ0v) is 25.8. The van der Waals surface area contributed by atoms with Gasteiger partial charge in [-0.3, -0.25) is 15.0 Å². The first-order valence-corrected chi connectivity index (χ1v) is 15.1. The van der Waals surface area contributed by atoms with Gasteiger partial charge in [-0.25, -0.2) is 9.59 Å². The summed E-state index contributed by atoms with van der Waals surface area (Å²) in [5.74, 6) is -2.53. The third-order valence-corrected chi connectivity index (χ3v) is 8.76. The van der Waals surface area contributed by atoms with Crippen molar-refractivity contribution in [3.8, 4) is 11.5 Å². The van der Waals surface area contributed by atoms with Crippen molar-refractivity contribution in [3.05, 3.63) is 105 Å². The molecule has 0 fully saturated rings. The Labute approximate surface area is 271 Å². The van der Waals surface area contributed by atoms with Crippen molar-refractivity contribution in [3.63, 3.8) is 0 Å². The maximum Gasteiger partial charge on any atom is 0.339 e. The molecule has 0 saturated heterocycles. The smallest absolute Gasteiger partial charge is 0.339 e. The highest BCUT2D eigenvalue weighted by atomic mass is 79.9. The van der Waals surface area contributed by atoms with Gasteiger partial charge in [0.2, 0.25) is 0 Å². The molecule has 0 radical (unpaired) electrons. The van der Waals surface area contributed by atoms with Gasteiger partial charge >= 0.3 is 11.9 Å². The number of carbonyl (C=O) groups is 2. The van der Waals surface area contributed by atoms with Crippen molar-refractivity contribution < 1.29 is 30.0 Å². The van der Waals surface area contributed by atoms with Crippen LogP contribution in [0.3, 0.4) is 0 Å². The first kappa shape index (κ1) is 30.5. The lowest BCUT2D eigenvalue weighted by atomic mass is 9.90. The number of fused-ring (bicyclic) bond motifs is 3. The third kappa shape index (κ3) is 5.94. The molecule has 1 aliphatic carbocycles. The second-order valence-corrected chi connectivity index (χ2v) is 11.5. The largest absolute Gasteiger partial charge is 0.507 e. The molecule has 7 rings (SSSR count). The Morgan fingerprint density at radius 1 is 0.870 bits per heavy atom. The fraction of sp³-hybridized carbons (Fsp3) is 0.147. The molecule has 11 nitrogen and oxygen atoms in total. The number of aromatic carboxylic acids is 2. The van der Waals surface area contributed by atoms with Crippen LogP contribution in [-0.2, 0) is 6.42 Å². The summed E-state index contributed by atoms with van der Waals surface area (Å²) >= 11 is 3.60. The molecular formula is C34H28BrN5O6. The molecule has 6 N–H and O–H groups in total. The maximum atomic E-state index is 11.6. The van der Waals surface area contributed by atoms with E-state index in [0.717, 1.165) is 29.2 Å². The predicted molar refractivity (Wildman–Crippen MR) is 181 cm³/mol. The Balaban J connectivity index is 0.000000185. The van der Waals surface area contributed by atoms with E-state index in [1.165, 1.54) is 12.1 Å². The number of allylic oxidation sites excluding steroid dienone is 1. The second kappa shape index (κ2) is 12.9. The van der Waals surface area contributed by atoms with E-state index in [9.17, 15) is 30.0 Å². The molecule has 2 aliphatic heterocycles. The molecule has 0 bridgehead atoms. The van der Waals surface area contributed by atoms with Crippen LogP contribution in [0.15, 0.2) is 98.0 Å².